The molecule has 1 aromatic carbocycles. The molecule has 0 fully saturated rings. The van der Waals surface area contributed by atoms with E-state index in [1.54, 1.807) is 36.0 Å². The first-order valence-electron chi connectivity index (χ1n) is 8.25. The van der Waals surface area contributed by atoms with Crippen molar-refractivity contribution in [3.8, 4) is 11.6 Å². The van der Waals surface area contributed by atoms with Crippen LogP contribution in [0.3, 0.4) is 0 Å². The highest BCUT2D eigenvalue weighted by Crippen LogP contribution is 2.25. The maximum Gasteiger partial charge on any atom is 0.269 e. The summed E-state index contributed by atoms with van der Waals surface area (Å²) in [6.07, 6.45) is 3.26. The number of hydrogen-bond donors (Lipinski definition) is 1. The molecule has 0 radical (unpaired) electrons. The number of benzene rings is 1. The molecular formula is C18H17N5O4S. The van der Waals surface area contributed by atoms with E-state index in [0.29, 0.717) is 34.5 Å². The quantitative estimate of drug-likeness (QED) is 0.266. The highest BCUT2D eigenvalue weighted by molar-refractivity contribution is 7.99. The van der Waals surface area contributed by atoms with Crippen LogP contribution < -0.4 is 5.32 Å². The molecule has 2 aromatic heterocycles. The number of allylic oxidation sites excluding steroid dienone is 1. The second-order valence-electron chi connectivity index (χ2n) is 5.78. The predicted octanol–water partition coefficient (Wildman–Crippen LogP) is 3.67. The fourth-order valence-corrected chi connectivity index (χ4v) is 3.24. The number of aryl methyl sites for hydroxylation is 1. The van der Waals surface area contributed by atoms with Crippen molar-refractivity contribution in [2.24, 2.45) is 0 Å². The zero-order chi connectivity index (χ0) is 20.1. The van der Waals surface area contributed by atoms with E-state index in [2.05, 4.69) is 22.1 Å². The molecule has 9 nitrogen and oxygen atoms in total. The van der Waals surface area contributed by atoms with Gasteiger partial charge in [0.25, 0.3) is 5.69 Å². The summed E-state index contributed by atoms with van der Waals surface area (Å²) >= 11 is 1.23. The smallest absolute Gasteiger partial charge is 0.269 e. The monoisotopic (exact) mass is 399 g/mol. The van der Waals surface area contributed by atoms with Crippen LogP contribution in [0, 0.1) is 17.0 Å². The minimum Gasteiger partial charge on any atom is -0.461 e. The Labute approximate surface area is 164 Å². The van der Waals surface area contributed by atoms with Crippen molar-refractivity contribution in [1.29, 1.82) is 0 Å². The number of aromatic nitrogens is 3. The molecule has 0 aliphatic heterocycles. The van der Waals surface area contributed by atoms with E-state index in [1.165, 1.54) is 30.0 Å². The standard InChI is InChI=1S/C18H17N5O4S/c1-3-8-22-17(15-5-4-9-27-15)20-21-18(22)28-11-16(24)19-14-7-6-13(23(25)26)10-12(14)2/h3-7,9-10H,1,8,11H2,2H3,(H,19,24). The number of carbonyl (C=O) groups is 1. The molecular weight excluding hydrogens is 382 g/mol. The Morgan fingerprint density at radius 3 is 2.89 bits per heavy atom. The molecule has 0 unspecified atom stereocenters. The Bertz CT molecular complexity index is 1010. The maximum atomic E-state index is 12.3. The van der Waals surface area contributed by atoms with E-state index >= 15 is 0 Å². The molecule has 0 saturated carbocycles. The fraction of sp³-hybridized carbons (Fsp3) is 0.167. The molecule has 28 heavy (non-hydrogen) atoms. The van der Waals surface area contributed by atoms with Crippen molar-refractivity contribution < 1.29 is 14.1 Å². The van der Waals surface area contributed by atoms with Gasteiger partial charge in [0.15, 0.2) is 10.9 Å². The molecule has 10 heteroatoms. The third-order valence-corrected chi connectivity index (χ3v) is 4.76. The number of hydrogen-bond acceptors (Lipinski definition) is 7. The van der Waals surface area contributed by atoms with Crippen LogP contribution in [0.1, 0.15) is 5.56 Å². The van der Waals surface area contributed by atoms with Gasteiger partial charge in [-0.05, 0) is 30.7 Å². The van der Waals surface area contributed by atoms with Gasteiger partial charge in [0, 0.05) is 24.4 Å². The van der Waals surface area contributed by atoms with Crippen LogP contribution in [-0.4, -0.2) is 31.3 Å². The molecule has 0 atom stereocenters. The number of nitro benzene ring substituents is 1. The number of thioether (sulfide) groups is 1. The predicted molar refractivity (Wildman–Crippen MR) is 105 cm³/mol. The number of carbonyl (C=O) groups excluding carboxylic acids is 1. The number of nitro groups is 1. The van der Waals surface area contributed by atoms with Crippen LogP contribution in [0.4, 0.5) is 11.4 Å². The molecule has 144 valence electrons. The summed E-state index contributed by atoms with van der Waals surface area (Å²) < 4.78 is 7.18. The molecule has 3 aromatic rings. The SMILES string of the molecule is C=CCn1c(SCC(=O)Nc2ccc([N+](=O)[O-])cc2C)nnc1-c1ccco1. The van der Waals surface area contributed by atoms with Crippen molar-refractivity contribution in [1.82, 2.24) is 14.8 Å². The summed E-state index contributed by atoms with van der Waals surface area (Å²) in [7, 11) is 0. The summed E-state index contributed by atoms with van der Waals surface area (Å²) in [6, 6.07) is 7.83. The van der Waals surface area contributed by atoms with Crippen LogP contribution in [0.25, 0.3) is 11.6 Å². The first-order chi connectivity index (χ1) is 13.5. The third kappa shape index (κ3) is 4.29. The van der Waals surface area contributed by atoms with E-state index in [-0.39, 0.29) is 17.3 Å². The van der Waals surface area contributed by atoms with Crippen molar-refractivity contribution in [3.05, 3.63) is 64.9 Å². The Hall–Kier alpha value is -3.40. The van der Waals surface area contributed by atoms with Crippen LogP contribution in [0.15, 0.2) is 58.8 Å². The molecule has 0 bridgehead atoms. The fourth-order valence-electron chi connectivity index (χ4n) is 2.50. The van der Waals surface area contributed by atoms with E-state index in [4.69, 9.17) is 4.42 Å². The van der Waals surface area contributed by atoms with Crippen LogP contribution in [-0.2, 0) is 11.3 Å². The minimum absolute atomic E-state index is 0.0205. The molecule has 0 aliphatic carbocycles. The van der Waals surface area contributed by atoms with Crippen molar-refractivity contribution in [2.75, 3.05) is 11.1 Å². The van der Waals surface area contributed by atoms with E-state index < -0.39 is 4.92 Å². The first-order valence-corrected chi connectivity index (χ1v) is 9.24. The molecule has 0 spiro atoms. The number of anilines is 1. The molecule has 0 saturated heterocycles. The Morgan fingerprint density at radius 2 is 2.25 bits per heavy atom. The largest absolute Gasteiger partial charge is 0.461 e. The average molecular weight is 399 g/mol. The zero-order valence-corrected chi connectivity index (χ0v) is 15.8. The lowest BCUT2D eigenvalue weighted by atomic mass is 10.2. The van der Waals surface area contributed by atoms with Crippen molar-refractivity contribution in [2.45, 2.75) is 18.6 Å². The van der Waals surface area contributed by atoms with Gasteiger partial charge < -0.3 is 9.73 Å². The molecule has 1 amide bonds. The van der Waals surface area contributed by atoms with Gasteiger partial charge in [0.2, 0.25) is 11.7 Å². The summed E-state index contributed by atoms with van der Waals surface area (Å²) in [4.78, 5) is 22.6. The van der Waals surface area contributed by atoms with E-state index in [0.717, 1.165) is 0 Å². The number of nitrogens with one attached hydrogen (secondary N) is 1. The van der Waals surface area contributed by atoms with Gasteiger partial charge in [-0.25, -0.2) is 0 Å². The third-order valence-electron chi connectivity index (χ3n) is 3.80. The lowest BCUT2D eigenvalue weighted by Gasteiger charge is -2.09. The number of rotatable bonds is 8. The Kier molecular flexibility index (Phi) is 5.90. The Balaban J connectivity index is 1.68. The average Bonchev–Trinajstić information content (AvgIpc) is 3.31. The van der Waals surface area contributed by atoms with Gasteiger partial charge in [-0.2, -0.15) is 0 Å². The number of nitrogens with zero attached hydrogens (tertiary/aromatic N) is 4. The van der Waals surface area contributed by atoms with E-state index in [9.17, 15) is 14.9 Å². The highest BCUT2D eigenvalue weighted by atomic mass is 32.2. The second kappa shape index (κ2) is 8.53. The van der Waals surface area contributed by atoms with Crippen molar-refractivity contribution >= 4 is 29.0 Å². The van der Waals surface area contributed by atoms with Crippen LogP contribution in [0.2, 0.25) is 0 Å². The first kappa shape index (κ1) is 19.4. The van der Waals surface area contributed by atoms with Crippen LogP contribution in [0.5, 0.6) is 0 Å². The van der Waals surface area contributed by atoms with Gasteiger partial charge in [0.1, 0.15) is 0 Å². The summed E-state index contributed by atoms with van der Waals surface area (Å²) in [6.45, 7) is 5.90. The van der Waals surface area contributed by atoms with Gasteiger partial charge in [-0.1, -0.05) is 17.8 Å². The summed E-state index contributed by atoms with van der Waals surface area (Å²) in [5.74, 6) is 0.977. The molecule has 0 aliphatic rings. The van der Waals surface area contributed by atoms with Crippen molar-refractivity contribution in [3.63, 3.8) is 0 Å². The minimum atomic E-state index is -0.475. The van der Waals surface area contributed by atoms with Gasteiger partial charge in [0.05, 0.1) is 16.9 Å². The topological polar surface area (TPSA) is 116 Å². The maximum absolute atomic E-state index is 12.3. The van der Waals surface area contributed by atoms with Gasteiger partial charge >= 0.3 is 0 Å². The summed E-state index contributed by atoms with van der Waals surface area (Å²) in [5.41, 5.74) is 1.12. The van der Waals surface area contributed by atoms with Crippen LogP contribution >= 0.6 is 11.8 Å². The highest BCUT2D eigenvalue weighted by Gasteiger charge is 2.17. The summed E-state index contributed by atoms with van der Waals surface area (Å²) in [5, 5.41) is 22.4. The van der Waals surface area contributed by atoms with E-state index in [1.807, 2.05) is 0 Å². The normalized spacial score (nSPS) is 10.6. The Morgan fingerprint density at radius 1 is 1.43 bits per heavy atom. The number of amides is 1. The molecule has 3 rings (SSSR count). The molecule has 2 heterocycles. The van der Waals surface area contributed by atoms with Gasteiger partial charge in [-0.3, -0.25) is 19.5 Å². The van der Waals surface area contributed by atoms with Gasteiger partial charge in [-0.15, -0.1) is 16.8 Å². The lowest BCUT2D eigenvalue weighted by molar-refractivity contribution is -0.384. The second-order valence-corrected chi connectivity index (χ2v) is 6.72. The zero-order valence-electron chi connectivity index (χ0n) is 15.0. The number of furan rings is 1. The number of non-ortho nitro benzene ring substituents is 1. The molecule has 1 N–H and O–H groups in total. The lowest BCUT2D eigenvalue weighted by Crippen LogP contribution is -2.15.